The molecule has 0 unspecified atom stereocenters. The lowest BCUT2D eigenvalue weighted by Crippen LogP contribution is -2.13. The summed E-state index contributed by atoms with van der Waals surface area (Å²) in [6.45, 7) is 2.45. The second kappa shape index (κ2) is 6.87. The third-order valence-electron chi connectivity index (χ3n) is 3.35. The van der Waals surface area contributed by atoms with Crippen molar-refractivity contribution in [3.63, 3.8) is 0 Å². The first-order valence-electron chi connectivity index (χ1n) is 7.11. The minimum absolute atomic E-state index is 0.0710. The second-order valence-corrected chi connectivity index (χ2v) is 9.00. The van der Waals surface area contributed by atoms with Gasteiger partial charge in [-0.3, -0.25) is 0 Å². The molecule has 0 saturated carbocycles. The summed E-state index contributed by atoms with van der Waals surface area (Å²) in [5, 5.41) is 3.92. The fourth-order valence-electron chi connectivity index (χ4n) is 2.21. The third-order valence-corrected chi connectivity index (χ3v) is 6.63. The number of thiophene rings is 1. The van der Waals surface area contributed by atoms with Gasteiger partial charge in [-0.2, -0.15) is 12.5 Å². The Kier molecular flexibility index (Phi) is 4.97. The molecule has 2 aromatic heterocycles. The maximum atomic E-state index is 12.7. The van der Waals surface area contributed by atoms with Crippen molar-refractivity contribution in [1.29, 1.82) is 0 Å². The molecule has 2 heterocycles. The van der Waals surface area contributed by atoms with Crippen molar-refractivity contribution in [3.05, 3.63) is 45.2 Å². The zero-order chi connectivity index (χ0) is 18.2. The lowest BCUT2D eigenvalue weighted by Gasteiger charge is -2.04. The number of benzene rings is 1. The average molecular weight is 418 g/mol. The van der Waals surface area contributed by atoms with E-state index >= 15 is 0 Å². The molecular weight excluding hydrogens is 405 g/mol. The van der Waals surface area contributed by atoms with E-state index in [1.807, 2.05) is 6.92 Å². The highest BCUT2D eigenvalue weighted by Gasteiger charge is 2.25. The molecule has 1 aromatic carbocycles. The van der Waals surface area contributed by atoms with Crippen molar-refractivity contribution < 1.29 is 13.2 Å². The quantitative estimate of drug-likeness (QED) is 0.673. The summed E-state index contributed by atoms with van der Waals surface area (Å²) in [5.41, 5.74) is 7.11. The lowest BCUT2D eigenvalue weighted by atomic mass is 10.1. The van der Waals surface area contributed by atoms with E-state index in [0.29, 0.717) is 17.9 Å². The van der Waals surface area contributed by atoms with Crippen molar-refractivity contribution in [2.75, 3.05) is 12.3 Å². The molecule has 3 aromatic rings. The molecule has 0 fully saturated rings. The first kappa shape index (κ1) is 18.1. The van der Waals surface area contributed by atoms with Crippen LogP contribution in [0.2, 0.25) is 8.67 Å². The highest BCUT2D eigenvalue weighted by Crippen LogP contribution is 2.36. The summed E-state index contributed by atoms with van der Waals surface area (Å²) in [5.74, 6) is 0.801. The van der Waals surface area contributed by atoms with E-state index in [1.54, 1.807) is 24.3 Å². The minimum atomic E-state index is -3.98. The molecule has 0 aliphatic carbocycles. The van der Waals surface area contributed by atoms with Gasteiger partial charge in [0, 0.05) is 5.56 Å². The zero-order valence-electron chi connectivity index (χ0n) is 12.9. The molecular formula is C15H13Cl2N3O3S2. The summed E-state index contributed by atoms with van der Waals surface area (Å²) in [4.78, 5) is -0.107. The Morgan fingerprint density at radius 2 is 1.96 bits per heavy atom. The number of aromatic nitrogens is 2. The molecule has 0 aliphatic heterocycles. The number of hydrogen-bond donors (Lipinski definition) is 1. The molecule has 0 bridgehead atoms. The van der Waals surface area contributed by atoms with Gasteiger partial charge >= 0.3 is 0 Å². The Balaban J connectivity index is 2.01. The highest BCUT2D eigenvalue weighted by atomic mass is 35.5. The van der Waals surface area contributed by atoms with Crippen LogP contribution in [0.25, 0.3) is 11.1 Å². The molecule has 0 spiro atoms. The van der Waals surface area contributed by atoms with E-state index < -0.39 is 10.0 Å². The van der Waals surface area contributed by atoms with Crippen molar-refractivity contribution in [1.82, 2.24) is 9.19 Å². The second-order valence-electron chi connectivity index (χ2n) is 4.95. The van der Waals surface area contributed by atoms with E-state index in [-0.39, 0.29) is 19.4 Å². The van der Waals surface area contributed by atoms with Crippen LogP contribution in [0.5, 0.6) is 5.75 Å². The molecule has 132 valence electrons. The van der Waals surface area contributed by atoms with Crippen LogP contribution in [-0.4, -0.2) is 24.2 Å². The van der Waals surface area contributed by atoms with E-state index in [2.05, 4.69) is 5.10 Å². The van der Waals surface area contributed by atoms with Crippen LogP contribution in [0.4, 0.5) is 5.82 Å². The monoisotopic (exact) mass is 417 g/mol. The molecule has 25 heavy (non-hydrogen) atoms. The van der Waals surface area contributed by atoms with Crippen LogP contribution in [-0.2, 0) is 10.0 Å². The molecule has 0 saturated heterocycles. The van der Waals surface area contributed by atoms with Gasteiger partial charge in [0.15, 0.2) is 5.82 Å². The highest BCUT2D eigenvalue weighted by molar-refractivity contribution is 7.90. The maximum Gasteiger partial charge on any atom is 0.285 e. The fourth-order valence-corrected chi connectivity index (χ4v) is 5.46. The van der Waals surface area contributed by atoms with Crippen molar-refractivity contribution in [2.45, 2.75) is 11.8 Å². The summed E-state index contributed by atoms with van der Waals surface area (Å²) < 4.78 is 31.9. The predicted octanol–water partition coefficient (Wildman–Crippen LogP) is 4.14. The first-order chi connectivity index (χ1) is 11.8. The Bertz CT molecular complexity index is 1010. The first-order valence-corrected chi connectivity index (χ1v) is 10.1. The Labute approximate surface area is 158 Å². The van der Waals surface area contributed by atoms with Crippen LogP contribution >= 0.6 is 34.5 Å². The van der Waals surface area contributed by atoms with Gasteiger partial charge in [-0.1, -0.05) is 35.3 Å². The SMILES string of the molecule is CCOc1ccc(-c2cn(S(=O)(=O)c3cc(Cl)sc3Cl)nc2N)cc1. The number of nitrogens with zero attached hydrogens (tertiary/aromatic N) is 2. The molecule has 0 amide bonds. The number of ether oxygens (including phenoxy) is 1. The van der Waals surface area contributed by atoms with E-state index in [1.165, 1.54) is 12.3 Å². The zero-order valence-corrected chi connectivity index (χ0v) is 16.1. The normalized spacial score (nSPS) is 11.6. The van der Waals surface area contributed by atoms with Crippen LogP contribution < -0.4 is 10.5 Å². The number of nitrogens with two attached hydrogens (primary N) is 1. The largest absolute Gasteiger partial charge is 0.494 e. The number of anilines is 1. The molecule has 10 heteroatoms. The van der Waals surface area contributed by atoms with Gasteiger partial charge in [0.25, 0.3) is 10.0 Å². The number of hydrogen-bond acceptors (Lipinski definition) is 6. The fraction of sp³-hybridized carbons (Fsp3) is 0.133. The predicted molar refractivity (Wildman–Crippen MR) is 100 cm³/mol. The number of halogens is 2. The number of nitrogen functional groups attached to an aromatic ring is 1. The Hall–Kier alpha value is -1.74. The summed E-state index contributed by atoms with van der Waals surface area (Å²) in [6.07, 6.45) is 1.35. The van der Waals surface area contributed by atoms with Crippen molar-refractivity contribution >= 4 is 50.4 Å². The molecule has 3 rings (SSSR count). The van der Waals surface area contributed by atoms with Gasteiger partial charge in [0.2, 0.25) is 0 Å². The molecule has 0 aliphatic rings. The minimum Gasteiger partial charge on any atom is -0.494 e. The van der Waals surface area contributed by atoms with Crippen molar-refractivity contribution in [3.8, 4) is 16.9 Å². The molecule has 2 N–H and O–H groups in total. The van der Waals surface area contributed by atoms with Gasteiger partial charge in [-0.15, -0.1) is 16.4 Å². The number of rotatable bonds is 5. The third kappa shape index (κ3) is 3.48. The summed E-state index contributed by atoms with van der Waals surface area (Å²) in [7, 11) is -3.98. The van der Waals surface area contributed by atoms with Gasteiger partial charge in [0.1, 0.15) is 15.0 Å². The molecule has 0 atom stereocenters. The van der Waals surface area contributed by atoms with Crippen LogP contribution in [0.1, 0.15) is 6.92 Å². The van der Waals surface area contributed by atoms with Crippen molar-refractivity contribution in [2.24, 2.45) is 0 Å². The molecule has 6 nitrogen and oxygen atoms in total. The van der Waals surface area contributed by atoms with Gasteiger partial charge in [-0.05, 0) is 30.7 Å². The van der Waals surface area contributed by atoms with Crippen LogP contribution in [0, 0.1) is 0 Å². The van der Waals surface area contributed by atoms with Crippen LogP contribution in [0.3, 0.4) is 0 Å². The topological polar surface area (TPSA) is 87.2 Å². The Morgan fingerprint density at radius 3 is 2.52 bits per heavy atom. The van der Waals surface area contributed by atoms with Gasteiger partial charge < -0.3 is 10.5 Å². The average Bonchev–Trinajstić information content (AvgIpc) is 3.11. The smallest absolute Gasteiger partial charge is 0.285 e. The van der Waals surface area contributed by atoms with Gasteiger partial charge in [-0.25, -0.2) is 0 Å². The van der Waals surface area contributed by atoms with E-state index in [9.17, 15) is 8.42 Å². The lowest BCUT2D eigenvalue weighted by molar-refractivity contribution is 0.340. The Morgan fingerprint density at radius 1 is 1.28 bits per heavy atom. The van der Waals surface area contributed by atoms with Crippen LogP contribution in [0.15, 0.2) is 41.4 Å². The van der Waals surface area contributed by atoms with E-state index in [0.717, 1.165) is 21.0 Å². The maximum absolute atomic E-state index is 12.7. The van der Waals surface area contributed by atoms with E-state index in [4.69, 9.17) is 33.7 Å². The summed E-state index contributed by atoms with van der Waals surface area (Å²) in [6, 6.07) is 8.41. The van der Waals surface area contributed by atoms with Gasteiger partial charge in [0.05, 0.1) is 17.1 Å². The molecule has 0 radical (unpaired) electrons. The standard InChI is InChI=1S/C15H13Cl2N3O3S2/c1-2-23-10-5-3-9(4-6-10)11-8-20(19-15(11)18)25(21,22)12-7-13(16)24-14(12)17/h3-8H,2H2,1H3,(H2,18,19). The summed E-state index contributed by atoms with van der Waals surface area (Å²) >= 11 is 12.8.